The van der Waals surface area contributed by atoms with Crippen molar-refractivity contribution in [2.45, 2.75) is 47.1 Å². The molecule has 0 radical (unpaired) electrons. The van der Waals surface area contributed by atoms with Crippen molar-refractivity contribution in [3.63, 3.8) is 0 Å². The van der Waals surface area contributed by atoms with E-state index in [1.54, 1.807) is 0 Å². The zero-order chi connectivity index (χ0) is 22.7. The van der Waals surface area contributed by atoms with Crippen molar-refractivity contribution in [2.24, 2.45) is 11.8 Å². The summed E-state index contributed by atoms with van der Waals surface area (Å²) in [5, 5.41) is 2.50. The molecule has 3 nitrogen and oxygen atoms in total. The number of hydrogen-bond donors (Lipinski definition) is 0. The molecule has 0 saturated carbocycles. The van der Waals surface area contributed by atoms with Gasteiger partial charge in [0.25, 0.3) is 5.82 Å². The first-order valence-electron chi connectivity index (χ1n) is 12.2. The van der Waals surface area contributed by atoms with Crippen molar-refractivity contribution >= 4 is 21.9 Å². The van der Waals surface area contributed by atoms with Crippen LogP contribution in [0.25, 0.3) is 39.0 Å². The van der Waals surface area contributed by atoms with Gasteiger partial charge in [0, 0.05) is 27.5 Å². The van der Waals surface area contributed by atoms with E-state index in [9.17, 15) is 0 Å². The summed E-state index contributed by atoms with van der Waals surface area (Å²) in [7, 11) is 0. The van der Waals surface area contributed by atoms with Gasteiger partial charge in [-0.3, -0.25) is 0 Å². The molecule has 0 amide bonds. The van der Waals surface area contributed by atoms with Crippen LogP contribution < -0.4 is 4.57 Å². The SMILES string of the molecule is CC(C)Cc1cc2oc3ccccc3c2c(CC(C)C)c1-n1cc[n+]2c1-c1ccccc1C2. The van der Waals surface area contributed by atoms with Crippen molar-refractivity contribution in [2.75, 3.05) is 0 Å². The Kier molecular flexibility index (Phi) is 4.69. The lowest BCUT2D eigenvalue weighted by molar-refractivity contribution is -0.671. The molecular formula is C30H31N2O+. The Balaban J connectivity index is 1.73. The maximum absolute atomic E-state index is 6.40. The van der Waals surface area contributed by atoms with E-state index in [-0.39, 0.29) is 0 Å². The van der Waals surface area contributed by atoms with Crippen LogP contribution in [0.15, 0.2) is 71.4 Å². The van der Waals surface area contributed by atoms with E-state index in [1.807, 2.05) is 0 Å². The normalized spacial score (nSPS) is 12.9. The number of furan rings is 1. The number of nitrogens with zero attached hydrogens (tertiary/aromatic N) is 2. The van der Waals surface area contributed by atoms with E-state index in [1.165, 1.54) is 44.5 Å². The molecule has 0 saturated heterocycles. The quantitative estimate of drug-likeness (QED) is 0.265. The Morgan fingerprint density at radius 3 is 2.48 bits per heavy atom. The molecule has 3 heterocycles. The summed E-state index contributed by atoms with van der Waals surface area (Å²) in [6, 6.07) is 19.6. The largest absolute Gasteiger partial charge is 0.456 e. The third kappa shape index (κ3) is 3.21. The standard InChI is InChI=1S/C30H31N2O/c1-19(2)15-22-17-27-28(24-11-7-8-12-26(24)33-27)25(16-20(3)4)29(22)32-14-13-31-18-21-9-5-6-10-23(21)30(31)32/h5-14,17,19-20H,15-16,18H2,1-4H3/q+1. The molecule has 0 bridgehead atoms. The first-order chi connectivity index (χ1) is 16.0. The van der Waals surface area contributed by atoms with Gasteiger partial charge in [-0.2, -0.15) is 4.57 Å². The molecule has 33 heavy (non-hydrogen) atoms. The Bertz CT molecular complexity index is 1500. The number of imidazole rings is 1. The van der Waals surface area contributed by atoms with Gasteiger partial charge in [0.2, 0.25) is 0 Å². The monoisotopic (exact) mass is 435 g/mol. The minimum atomic E-state index is 0.540. The van der Waals surface area contributed by atoms with E-state index in [4.69, 9.17) is 4.42 Å². The summed E-state index contributed by atoms with van der Waals surface area (Å²) in [6.07, 6.45) is 6.54. The molecule has 3 heteroatoms. The third-order valence-corrected chi connectivity index (χ3v) is 6.80. The molecule has 1 aliphatic rings. The van der Waals surface area contributed by atoms with Crippen LogP contribution in [-0.2, 0) is 19.4 Å². The van der Waals surface area contributed by atoms with Crippen LogP contribution in [0.1, 0.15) is 44.4 Å². The first kappa shape index (κ1) is 20.3. The minimum absolute atomic E-state index is 0.540. The predicted molar refractivity (Wildman–Crippen MR) is 135 cm³/mol. The van der Waals surface area contributed by atoms with E-state index in [0.717, 1.165) is 30.6 Å². The fourth-order valence-corrected chi connectivity index (χ4v) is 5.60. The molecular weight excluding hydrogens is 404 g/mol. The summed E-state index contributed by atoms with van der Waals surface area (Å²) < 4.78 is 11.3. The van der Waals surface area contributed by atoms with Gasteiger partial charge in [0.05, 0.1) is 5.56 Å². The summed E-state index contributed by atoms with van der Waals surface area (Å²) in [5.41, 5.74) is 8.85. The molecule has 0 unspecified atom stereocenters. The number of rotatable bonds is 5. The van der Waals surface area contributed by atoms with Crippen molar-refractivity contribution in [1.82, 2.24) is 4.57 Å². The van der Waals surface area contributed by atoms with E-state index in [2.05, 4.69) is 104 Å². The highest BCUT2D eigenvalue weighted by atomic mass is 16.3. The van der Waals surface area contributed by atoms with Crippen LogP contribution in [0.3, 0.4) is 0 Å². The van der Waals surface area contributed by atoms with Crippen LogP contribution in [0.4, 0.5) is 0 Å². The van der Waals surface area contributed by atoms with Crippen molar-refractivity contribution in [1.29, 1.82) is 0 Å². The van der Waals surface area contributed by atoms with Crippen molar-refractivity contribution in [3.05, 3.63) is 83.7 Å². The molecule has 1 aliphatic heterocycles. The van der Waals surface area contributed by atoms with Gasteiger partial charge in [-0.25, -0.2) is 4.57 Å². The predicted octanol–water partition coefficient (Wildman–Crippen LogP) is 7.09. The number of benzene rings is 3. The second-order valence-electron chi connectivity index (χ2n) is 10.3. The number of fused-ring (bicyclic) bond motifs is 6. The van der Waals surface area contributed by atoms with E-state index >= 15 is 0 Å². The smallest absolute Gasteiger partial charge is 0.294 e. The van der Waals surface area contributed by atoms with Gasteiger partial charge in [0.1, 0.15) is 35.8 Å². The van der Waals surface area contributed by atoms with Gasteiger partial charge in [-0.05, 0) is 42.9 Å². The lowest BCUT2D eigenvalue weighted by Gasteiger charge is -2.17. The summed E-state index contributed by atoms with van der Waals surface area (Å²) in [5.74, 6) is 2.38. The van der Waals surface area contributed by atoms with Crippen LogP contribution in [0, 0.1) is 11.8 Å². The average Bonchev–Trinajstić information content (AvgIpc) is 3.44. The fourth-order valence-electron chi connectivity index (χ4n) is 5.60. The number of hydrogen-bond acceptors (Lipinski definition) is 1. The molecule has 0 atom stereocenters. The van der Waals surface area contributed by atoms with Crippen molar-refractivity contribution < 1.29 is 8.98 Å². The van der Waals surface area contributed by atoms with E-state index < -0.39 is 0 Å². The van der Waals surface area contributed by atoms with Crippen molar-refractivity contribution in [3.8, 4) is 17.1 Å². The van der Waals surface area contributed by atoms with E-state index in [0.29, 0.717) is 11.8 Å². The highest BCUT2D eigenvalue weighted by molar-refractivity contribution is 6.08. The maximum atomic E-state index is 6.40. The molecule has 0 aliphatic carbocycles. The number of aromatic nitrogens is 2. The molecule has 0 N–H and O–H groups in total. The molecule has 6 rings (SSSR count). The lowest BCUT2D eigenvalue weighted by atomic mass is 9.90. The van der Waals surface area contributed by atoms with Gasteiger partial charge in [-0.1, -0.05) is 64.1 Å². The molecule has 0 spiro atoms. The Morgan fingerprint density at radius 2 is 1.67 bits per heavy atom. The second-order valence-corrected chi connectivity index (χ2v) is 10.3. The van der Waals surface area contributed by atoms with Gasteiger partial charge in [0.15, 0.2) is 0 Å². The van der Waals surface area contributed by atoms with Crippen LogP contribution in [-0.4, -0.2) is 4.57 Å². The molecule has 2 aromatic heterocycles. The third-order valence-electron chi connectivity index (χ3n) is 6.80. The van der Waals surface area contributed by atoms with Crippen LogP contribution >= 0.6 is 0 Å². The first-order valence-corrected chi connectivity index (χ1v) is 12.2. The topological polar surface area (TPSA) is 21.9 Å². The molecule has 0 fully saturated rings. The highest BCUT2D eigenvalue weighted by Crippen LogP contribution is 2.40. The minimum Gasteiger partial charge on any atom is -0.456 e. The summed E-state index contributed by atoms with van der Waals surface area (Å²) in [4.78, 5) is 0. The van der Waals surface area contributed by atoms with Crippen LogP contribution in [0.2, 0.25) is 0 Å². The van der Waals surface area contributed by atoms with Crippen LogP contribution in [0.5, 0.6) is 0 Å². The van der Waals surface area contributed by atoms with Gasteiger partial charge < -0.3 is 4.42 Å². The molecule has 3 aromatic carbocycles. The maximum Gasteiger partial charge on any atom is 0.294 e. The zero-order valence-corrected chi connectivity index (χ0v) is 19.9. The Morgan fingerprint density at radius 1 is 0.909 bits per heavy atom. The number of para-hydroxylation sites is 1. The molecule has 5 aromatic rings. The van der Waals surface area contributed by atoms with Gasteiger partial charge >= 0.3 is 0 Å². The highest BCUT2D eigenvalue weighted by Gasteiger charge is 2.33. The summed E-state index contributed by atoms with van der Waals surface area (Å²) in [6.45, 7) is 10.2. The average molecular weight is 436 g/mol. The van der Waals surface area contributed by atoms with Gasteiger partial charge in [-0.15, -0.1) is 0 Å². The second kappa shape index (κ2) is 7.62. The Hall–Kier alpha value is -3.33. The molecule has 166 valence electrons. The zero-order valence-electron chi connectivity index (χ0n) is 19.9. The Labute approximate surface area is 195 Å². The summed E-state index contributed by atoms with van der Waals surface area (Å²) >= 11 is 0. The lowest BCUT2D eigenvalue weighted by Crippen LogP contribution is -2.30. The fraction of sp³-hybridized carbons (Fsp3) is 0.300.